The zero-order valence-corrected chi connectivity index (χ0v) is 14.3. The molecule has 3 heteroatoms. The first-order valence-corrected chi connectivity index (χ1v) is 10.3. The smallest absolute Gasteiger partial charge is 0.192 e. The predicted octanol–water partition coefficient (Wildman–Crippen LogP) is 4.45. The van der Waals surface area contributed by atoms with Crippen LogP contribution in [0.4, 0.5) is 0 Å². The maximum absolute atomic E-state index is 11.2. The second-order valence-corrected chi connectivity index (χ2v) is 10.3. The Morgan fingerprint density at radius 2 is 1.65 bits per heavy atom. The fraction of sp³-hybridized carbons (Fsp3) is 0.588. The third kappa shape index (κ3) is 4.56. The van der Waals surface area contributed by atoms with Crippen LogP contribution in [0, 0.1) is 5.92 Å². The van der Waals surface area contributed by atoms with E-state index < -0.39 is 8.32 Å². The Morgan fingerprint density at radius 3 is 2.10 bits per heavy atom. The van der Waals surface area contributed by atoms with E-state index in [-0.39, 0.29) is 12.0 Å². The first-order valence-electron chi connectivity index (χ1n) is 7.77. The van der Waals surface area contributed by atoms with Crippen LogP contribution in [0.3, 0.4) is 0 Å². The molecule has 0 radical (unpaired) electrons. The van der Waals surface area contributed by atoms with Crippen molar-refractivity contribution in [1.82, 2.24) is 0 Å². The average molecular weight is 292 g/mol. The molecule has 1 aromatic carbocycles. The third-order valence-electron chi connectivity index (χ3n) is 4.42. The Morgan fingerprint density at radius 1 is 1.10 bits per heavy atom. The van der Waals surface area contributed by atoms with E-state index in [2.05, 4.69) is 32.9 Å². The van der Waals surface area contributed by atoms with E-state index in [0.717, 1.165) is 30.8 Å². The van der Waals surface area contributed by atoms with E-state index in [1.165, 1.54) is 5.56 Å². The van der Waals surface area contributed by atoms with Gasteiger partial charge in [0.05, 0.1) is 6.10 Å². The fourth-order valence-corrected chi connectivity index (χ4v) is 5.53. The number of carbonyl (C=O) groups excluding carboxylic acids is 1. The van der Waals surface area contributed by atoms with E-state index >= 15 is 0 Å². The minimum atomic E-state index is -1.67. The van der Waals surface area contributed by atoms with Crippen LogP contribution in [0.2, 0.25) is 18.1 Å². The summed E-state index contributed by atoms with van der Waals surface area (Å²) in [5.41, 5.74) is 1.25. The van der Waals surface area contributed by atoms with Gasteiger partial charge in [0.2, 0.25) is 0 Å². The monoisotopic (exact) mass is 292 g/mol. The summed E-state index contributed by atoms with van der Waals surface area (Å²) in [4.78, 5) is 11.2. The molecule has 0 saturated heterocycles. The van der Waals surface area contributed by atoms with E-state index in [1.54, 1.807) is 0 Å². The number of hydrogen-bond donors (Lipinski definition) is 0. The van der Waals surface area contributed by atoms with E-state index in [0.29, 0.717) is 0 Å². The molecule has 2 nitrogen and oxygen atoms in total. The van der Waals surface area contributed by atoms with Crippen molar-refractivity contribution in [2.24, 2.45) is 5.92 Å². The van der Waals surface area contributed by atoms with Crippen LogP contribution in [0.25, 0.3) is 0 Å². The topological polar surface area (TPSA) is 26.3 Å². The van der Waals surface area contributed by atoms with Gasteiger partial charge in [0.25, 0.3) is 0 Å². The molecule has 20 heavy (non-hydrogen) atoms. The Balaban J connectivity index is 2.87. The van der Waals surface area contributed by atoms with Crippen molar-refractivity contribution in [3.8, 4) is 0 Å². The van der Waals surface area contributed by atoms with Crippen LogP contribution in [-0.2, 0) is 15.6 Å². The van der Waals surface area contributed by atoms with Gasteiger partial charge >= 0.3 is 0 Å². The van der Waals surface area contributed by atoms with Gasteiger partial charge in [-0.2, -0.15) is 0 Å². The highest BCUT2D eigenvalue weighted by atomic mass is 28.4. The molecule has 0 aliphatic carbocycles. The van der Waals surface area contributed by atoms with E-state index in [4.69, 9.17) is 4.43 Å². The quantitative estimate of drug-likeness (QED) is 0.496. The molecule has 0 amide bonds. The van der Waals surface area contributed by atoms with Gasteiger partial charge in [-0.3, -0.25) is 0 Å². The molecule has 0 aliphatic heterocycles. The van der Waals surface area contributed by atoms with Gasteiger partial charge in [0.15, 0.2) is 8.32 Å². The van der Waals surface area contributed by atoms with Gasteiger partial charge in [-0.15, -0.1) is 0 Å². The van der Waals surface area contributed by atoms with Crippen molar-refractivity contribution < 1.29 is 9.22 Å². The fourth-order valence-electron chi connectivity index (χ4n) is 2.59. The summed E-state index contributed by atoms with van der Waals surface area (Å²) in [5, 5.41) is 0. The normalized spacial score (nSPS) is 14.8. The summed E-state index contributed by atoms with van der Waals surface area (Å²) in [5.74, 6) is -0.0493. The summed E-state index contributed by atoms with van der Waals surface area (Å²) in [6.45, 7) is 8.65. The Hall–Kier alpha value is -0.933. The van der Waals surface area contributed by atoms with E-state index in [1.807, 2.05) is 25.1 Å². The highest BCUT2D eigenvalue weighted by Crippen LogP contribution is 2.27. The molecule has 112 valence electrons. The molecule has 0 bridgehead atoms. The molecule has 0 N–H and O–H groups in total. The van der Waals surface area contributed by atoms with Crippen LogP contribution in [0.15, 0.2) is 30.3 Å². The zero-order chi connectivity index (χ0) is 15.0. The zero-order valence-electron chi connectivity index (χ0n) is 13.3. The largest absolute Gasteiger partial charge is 0.413 e. The summed E-state index contributed by atoms with van der Waals surface area (Å²) in [6, 6.07) is 13.7. The Kier molecular flexibility index (Phi) is 7.17. The Bertz CT molecular complexity index is 379. The van der Waals surface area contributed by atoms with Gasteiger partial charge in [-0.05, 0) is 30.1 Å². The maximum Gasteiger partial charge on any atom is 0.192 e. The van der Waals surface area contributed by atoms with Crippen LogP contribution >= 0.6 is 0 Å². The molecular formula is C17H28O2Si. The predicted molar refractivity (Wildman–Crippen MR) is 87.4 cm³/mol. The van der Waals surface area contributed by atoms with Crippen molar-refractivity contribution in [2.45, 2.75) is 58.4 Å². The summed E-state index contributed by atoms with van der Waals surface area (Å²) in [6.07, 6.45) is 1.88. The van der Waals surface area contributed by atoms with Crippen LogP contribution in [0.1, 0.15) is 33.3 Å². The molecule has 0 aliphatic rings. The summed E-state index contributed by atoms with van der Waals surface area (Å²) >= 11 is 0. The lowest BCUT2D eigenvalue weighted by Crippen LogP contribution is -2.43. The third-order valence-corrected chi connectivity index (χ3v) is 9.08. The first-order chi connectivity index (χ1) is 9.60. The SMILES string of the molecule is CC[Si](CC)(CC)O[C@H](Cc1ccccc1)[C@H](C)C=O. The highest BCUT2D eigenvalue weighted by Gasteiger charge is 2.33. The lowest BCUT2D eigenvalue weighted by Gasteiger charge is -2.35. The molecule has 0 spiro atoms. The molecule has 0 saturated carbocycles. The van der Waals surface area contributed by atoms with Gasteiger partial charge in [-0.1, -0.05) is 58.0 Å². The molecular weight excluding hydrogens is 264 g/mol. The standard InChI is InChI=1S/C17H28O2Si/c1-5-20(6-2,7-3)19-17(15(4)14-18)13-16-11-9-8-10-12-16/h8-12,14-15,17H,5-7,13H2,1-4H3/t15-,17-/m1/s1. The second kappa shape index (κ2) is 8.38. The molecule has 0 unspecified atom stereocenters. The van der Waals surface area contributed by atoms with Gasteiger partial charge in [0, 0.05) is 5.92 Å². The maximum atomic E-state index is 11.2. The van der Waals surface area contributed by atoms with Crippen molar-refractivity contribution in [3.05, 3.63) is 35.9 Å². The summed E-state index contributed by atoms with van der Waals surface area (Å²) in [7, 11) is -1.67. The number of rotatable bonds is 9. The lowest BCUT2D eigenvalue weighted by atomic mass is 9.99. The van der Waals surface area contributed by atoms with Gasteiger partial charge < -0.3 is 9.22 Å². The number of aldehydes is 1. The molecule has 1 aromatic rings. The van der Waals surface area contributed by atoms with Crippen LogP contribution < -0.4 is 0 Å². The minimum absolute atomic E-state index is 0.0152. The molecule has 0 aromatic heterocycles. The van der Waals surface area contributed by atoms with Crippen molar-refractivity contribution >= 4 is 14.6 Å². The van der Waals surface area contributed by atoms with E-state index in [9.17, 15) is 4.79 Å². The highest BCUT2D eigenvalue weighted by molar-refractivity contribution is 6.73. The molecule has 1 rings (SSSR count). The van der Waals surface area contributed by atoms with Crippen molar-refractivity contribution in [3.63, 3.8) is 0 Å². The number of hydrogen-bond acceptors (Lipinski definition) is 2. The van der Waals surface area contributed by atoms with Gasteiger partial charge in [-0.25, -0.2) is 0 Å². The number of benzene rings is 1. The second-order valence-electron chi connectivity index (χ2n) is 5.58. The molecule has 0 fully saturated rings. The van der Waals surface area contributed by atoms with Crippen LogP contribution in [0.5, 0.6) is 0 Å². The van der Waals surface area contributed by atoms with Crippen molar-refractivity contribution in [2.75, 3.05) is 0 Å². The molecule has 0 heterocycles. The first kappa shape index (κ1) is 17.1. The van der Waals surface area contributed by atoms with Gasteiger partial charge in [0.1, 0.15) is 6.29 Å². The minimum Gasteiger partial charge on any atom is -0.413 e. The lowest BCUT2D eigenvalue weighted by molar-refractivity contribution is -0.113. The number of carbonyl (C=O) groups is 1. The summed E-state index contributed by atoms with van der Waals surface area (Å²) < 4.78 is 6.55. The average Bonchev–Trinajstić information content (AvgIpc) is 2.52. The van der Waals surface area contributed by atoms with Crippen molar-refractivity contribution in [1.29, 1.82) is 0 Å². The Labute approximate surface area is 124 Å². The molecule has 2 atom stereocenters. The van der Waals surface area contributed by atoms with Crippen LogP contribution in [-0.4, -0.2) is 20.7 Å².